The molecule has 2 fully saturated rings. The maximum absolute atomic E-state index is 13.9. The Morgan fingerprint density at radius 1 is 1.21 bits per heavy atom. The van der Waals surface area contributed by atoms with Crippen molar-refractivity contribution in [1.29, 1.82) is 0 Å². The molecule has 3 rings (SSSR count). The second kappa shape index (κ2) is 4.71. The highest BCUT2D eigenvalue weighted by Gasteiger charge is 2.37. The molecule has 1 aliphatic heterocycles. The molecule has 0 radical (unpaired) electrons. The van der Waals surface area contributed by atoms with Crippen LogP contribution in [0.5, 0.6) is 0 Å². The molecule has 1 aliphatic carbocycles. The third-order valence-corrected chi connectivity index (χ3v) is 4.08. The van der Waals surface area contributed by atoms with Crippen LogP contribution in [-0.2, 0) is 0 Å². The third-order valence-electron chi connectivity index (χ3n) is 4.08. The molecular formula is C14H17F3N2. The molecule has 2 atom stereocenters. The van der Waals surface area contributed by atoms with E-state index in [9.17, 15) is 13.2 Å². The van der Waals surface area contributed by atoms with E-state index in [0.29, 0.717) is 31.1 Å². The number of rotatable bonds is 2. The predicted molar refractivity (Wildman–Crippen MR) is 67.6 cm³/mol. The van der Waals surface area contributed by atoms with Crippen molar-refractivity contribution < 1.29 is 13.2 Å². The van der Waals surface area contributed by atoms with Gasteiger partial charge in [-0.3, -0.25) is 0 Å². The van der Waals surface area contributed by atoms with Crippen molar-refractivity contribution in [2.75, 3.05) is 18.0 Å². The van der Waals surface area contributed by atoms with Crippen LogP contribution in [0.15, 0.2) is 12.1 Å². The number of halogens is 3. The molecule has 1 aromatic rings. The zero-order chi connectivity index (χ0) is 13.6. The third kappa shape index (κ3) is 2.43. The van der Waals surface area contributed by atoms with Crippen molar-refractivity contribution in [3.8, 4) is 0 Å². The van der Waals surface area contributed by atoms with Crippen molar-refractivity contribution >= 4 is 5.69 Å². The Morgan fingerprint density at radius 2 is 1.95 bits per heavy atom. The number of nitrogens with one attached hydrogen (secondary N) is 1. The molecule has 0 amide bonds. The van der Waals surface area contributed by atoms with Gasteiger partial charge in [0.2, 0.25) is 0 Å². The summed E-state index contributed by atoms with van der Waals surface area (Å²) >= 11 is 0. The van der Waals surface area contributed by atoms with E-state index < -0.39 is 17.5 Å². The Hall–Kier alpha value is -1.23. The molecule has 2 aliphatic rings. The molecule has 1 aromatic carbocycles. The van der Waals surface area contributed by atoms with Crippen molar-refractivity contribution in [1.82, 2.24) is 5.32 Å². The van der Waals surface area contributed by atoms with Crippen LogP contribution >= 0.6 is 0 Å². The molecule has 1 saturated heterocycles. The maximum Gasteiger partial charge on any atom is 0.182 e. The van der Waals surface area contributed by atoms with Crippen molar-refractivity contribution in [2.24, 2.45) is 5.92 Å². The van der Waals surface area contributed by atoms with Gasteiger partial charge in [0.1, 0.15) is 5.82 Å². The van der Waals surface area contributed by atoms with Crippen LogP contribution in [0.1, 0.15) is 19.8 Å². The van der Waals surface area contributed by atoms with E-state index in [2.05, 4.69) is 5.32 Å². The Morgan fingerprint density at radius 3 is 2.63 bits per heavy atom. The largest absolute Gasteiger partial charge is 0.363 e. The maximum atomic E-state index is 13.9. The summed E-state index contributed by atoms with van der Waals surface area (Å²) in [5, 5.41) is 3.43. The van der Waals surface area contributed by atoms with E-state index in [0.717, 1.165) is 6.07 Å². The number of piperazine rings is 1. The smallest absolute Gasteiger partial charge is 0.182 e. The molecule has 1 N–H and O–H groups in total. The minimum Gasteiger partial charge on any atom is -0.363 e. The summed E-state index contributed by atoms with van der Waals surface area (Å²) in [5.74, 6) is -2.19. The molecule has 2 unspecified atom stereocenters. The SMILES string of the molecule is CC1CNC(C2CC2)CN1c1cc(F)cc(F)c1F. The number of hydrogen-bond acceptors (Lipinski definition) is 2. The number of nitrogens with zero attached hydrogens (tertiary/aromatic N) is 1. The highest BCUT2D eigenvalue weighted by Crippen LogP contribution is 2.36. The Kier molecular flexibility index (Phi) is 3.17. The van der Waals surface area contributed by atoms with Crippen LogP contribution in [0.2, 0.25) is 0 Å². The second-order valence-corrected chi connectivity index (χ2v) is 5.57. The van der Waals surface area contributed by atoms with Gasteiger partial charge in [-0.25, -0.2) is 13.2 Å². The van der Waals surface area contributed by atoms with Gasteiger partial charge in [0, 0.05) is 37.3 Å². The summed E-state index contributed by atoms with van der Waals surface area (Å²) in [5.41, 5.74) is 0.0390. The quantitative estimate of drug-likeness (QED) is 0.831. The first kappa shape index (κ1) is 12.8. The van der Waals surface area contributed by atoms with E-state index in [-0.39, 0.29) is 11.7 Å². The fraction of sp³-hybridized carbons (Fsp3) is 0.571. The molecule has 104 valence electrons. The zero-order valence-corrected chi connectivity index (χ0v) is 10.8. The summed E-state index contributed by atoms with van der Waals surface area (Å²) in [7, 11) is 0. The first-order chi connectivity index (χ1) is 9.06. The van der Waals surface area contributed by atoms with Crippen LogP contribution in [0.4, 0.5) is 18.9 Å². The predicted octanol–water partition coefficient (Wildman–Crippen LogP) is 2.68. The zero-order valence-electron chi connectivity index (χ0n) is 10.8. The standard InChI is InChI=1S/C14H17F3N2/c1-8-6-18-12(9-2-3-9)7-19(8)13-5-10(15)4-11(16)14(13)17/h4-5,8-9,12,18H,2-3,6-7H2,1H3. The van der Waals surface area contributed by atoms with Gasteiger partial charge in [0.25, 0.3) is 0 Å². The summed E-state index contributed by atoms with van der Waals surface area (Å²) < 4.78 is 40.5. The lowest BCUT2D eigenvalue weighted by Crippen LogP contribution is -2.56. The summed E-state index contributed by atoms with van der Waals surface area (Å²) in [6.07, 6.45) is 2.36. The lowest BCUT2D eigenvalue weighted by molar-refractivity contribution is 0.370. The topological polar surface area (TPSA) is 15.3 Å². The van der Waals surface area contributed by atoms with Gasteiger partial charge in [-0.2, -0.15) is 0 Å². The normalized spacial score (nSPS) is 27.7. The van der Waals surface area contributed by atoms with Crippen LogP contribution in [0.25, 0.3) is 0 Å². The first-order valence-corrected chi connectivity index (χ1v) is 6.71. The lowest BCUT2D eigenvalue weighted by Gasteiger charge is -2.40. The molecule has 0 spiro atoms. The average Bonchev–Trinajstić information content (AvgIpc) is 3.19. The first-order valence-electron chi connectivity index (χ1n) is 6.71. The van der Waals surface area contributed by atoms with Crippen molar-refractivity contribution in [3.05, 3.63) is 29.6 Å². The highest BCUT2D eigenvalue weighted by molar-refractivity contribution is 5.50. The van der Waals surface area contributed by atoms with Gasteiger partial charge in [0.15, 0.2) is 11.6 Å². The fourth-order valence-electron chi connectivity index (χ4n) is 2.79. The van der Waals surface area contributed by atoms with Crippen LogP contribution in [-0.4, -0.2) is 25.2 Å². The van der Waals surface area contributed by atoms with Gasteiger partial charge in [-0.15, -0.1) is 0 Å². The van der Waals surface area contributed by atoms with E-state index in [1.807, 2.05) is 6.92 Å². The Balaban J connectivity index is 1.90. The number of benzene rings is 1. The van der Waals surface area contributed by atoms with Crippen LogP contribution in [0.3, 0.4) is 0 Å². The van der Waals surface area contributed by atoms with E-state index in [1.165, 1.54) is 12.8 Å². The summed E-state index contributed by atoms with van der Waals surface area (Å²) in [4.78, 5) is 1.78. The van der Waals surface area contributed by atoms with Gasteiger partial charge in [-0.1, -0.05) is 0 Å². The average molecular weight is 270 g/mol. The van der Waals surface area contributed by atoms with Crippen molar-refractivity contribution in [2.45, 2.75) is 31.8 Å². The summed E-state index contributed by atoms with van der Waals surface area (Å²) in [6.45, 7) is 3.24. The molecule has 1 heterocycles. The molecule has 0 bridgehead atoms. The minimum absolute atomic E-state index is 0.0192. The molecule has 2 nitrogen and oxygen atoms in total. The lowest BCUT2D eigenvalue weighted by atomic mass is 10.0. The molecule has 0 aromatic heterocycles. The van der Waals surface area contributed by atoms with E-state index in [1.54, 1.807) is 4.90 Å². The number of hydrogen-bond donors (Lipinski definition) is 1. The second-order valence-electron chi connectivity index (χ2n) is 5.57. The minimum atomic E-state index is -1.12. The fourth-order valence-corrected chi connectivity index (χ4v) is 2.79. The molecule has 19 heavy (non-hydrogen) atoms. The van der Waals surface area contributed by atoms with Gasteiger partial charge in [-0.05, 0) is 25.7 Å². The van der Waals surface area contributed by atoms with Gasteiger partial charge in [0.05, 0.1) is 5.69 Å². The van der Waals surface area contributed by atoms with E-state index in [4.69, 9.17) is 0 Å². The molecular weight excluding hydrogens is 253 g/mol. The highest BCUT2D eigenvalue weighted by atomic mass is 19.2. The molecule has 5 heteroatoms. The monoisotopic (exact) mass is 270 g/mol. The van der Waals surface area contributed by atoms with Crippen LogP contribution in [0, 0.1) is 23.4 Å². The van der Waals surface area contributed by atoms with Gasteiger partial charge < -0.3 is 10.2 Å². The van der Waals surface area contributed by atoms with Crippen molar-refractivity contribution in [3.63, 3.8) is 0 Å². The Labute approximate surface area is 110 Å². The number of anilines is 1. The van der Waals surface area contributed by atoms with Gasteiger partial charge >= 0.3 is 0 Å². The Bertz CT molecular complexity index is 488. The van der Waals surface area contributed by atoms with Crippen LogP contribution < -0.4 is 10.2 Å². The van der Waals surface area contributed by atoms with E-state index >= 15 is 0 Å². The molecule has 1 saturated carbocycles. The summed E-state index contributed by atoms with van der Waals surface area (Å²) in [6, 6.07) is 1.99.